The Morgan fingerprint density at radius 2 is 1.87 bits per heavy atom. The molecule has 5 nitrogen and oxygen atoms in total. The fourth-order valence-electron chi connectivity index (χ4n) is 2.06. The number of amides is 1. The molecule has 0 saturated heterocycles. The van der Waals surface area contributed by atoms with Crippen LogP contribution in [0.3, 0.4) is 0 Å². The van der Waals surface area contributed by atoms with Gasteiger partial charge >= 0.3 is 12.1 Å². The molecule has 0 aliphatic heterocycles. The number of carbonyl (C=O) groups is 2. The zero-order valence-electron chi connectivity index (χ0n) is 14.2. The second kappa shape index (κ2) is 8.36. The van der Waals surface area contributed by atoms with E-state index < -0.39 is 29.8 Å². The largest absolute Gasteiger partial charge is 0.456 e. The standard InChI is InChI=1S/C18H25NO4/c1-6-16(22-13(2)20)15(12-14-10-8-7-9-11-14)19-17(21)23-18(3,4)5/h6-11,15-16H,1,12H2,2-5H3,(H,19,21)/t15-,16+/m0/s1. The minimum absolute atomic E-state index is 0.432. The Morgan fingerprint density at radius 1 is 1.26 bits per heavy atom. The summed E-state index contributed by atoms with van der Waals surface area (Å²) in [6.45, 7) is 10.4. The van der Waals surface area contributed by atoms with Crippen LogP contribution in [-0.2, 0) is 20.7 Å². The Labute approximate surface area is 137 Å². The molecule has 0 heterocycles. The van der Waals surface area contributed by atoms with Gasteiger partial charge in [-0.2, -0.15) is 0 Å². The average molecular weight is 319 g/mol. The molecule has 0 unspecified atom stereocenters. The molecule has 1 aromatic carbocycles. The van der Waals surface area contributed by atoms with Crippen LogP contribution in [0.2, 0.25) is 0 Å². The van der Waals surface area contributed by atoms with E-state index in [9.17, 15) is 9.59 Å². The predicted octanol–water partition coefficient (Wildman–Crippen LogP) is 3.24. The van der Waals surface area contributed by atoms with Gasteiger partial charge in [-0.1, -0.05) is 36.9 Å². The maximum absolute atomic E-state index is 12.1. The zero-order valence-corrected chi connectivity index (χ0v) is 14.2. The van der Waals surface area contributed by atoms with Crippen LogP contribution < -0.4 is 5.32 Å². The highest BCUT2D eigenvalue weighted by Crippen LogP contribution is 2.12. The highest BCUT2D eigenvalue weighted by molar-refractivity contribution is 5.69. The molecule has 23 heavy (non-hydrogen) atoms. The van der Waals surface area contributed by atoms with Crippen LogP contribution in [-0.4, -0.2) is 29.8 Å². The third-order valence-electron chi connectivity index (χ3n) is 2.93. The van der Waals surface area contributed by atoms with Gasteiger partial charge in [0.25, 0.3) is 0 Å². The van der Waals surface area contributed by atoms with E-state index in [1.54, 1.807) is 20.8 Å². The highest BCUT2D eigenvalue weighted by atomic mass is 16.6. The van der Waals surface area contributed by atoms with E-state index in [1.165, 1.54) is 13.0 Å². The van der Waals surface area contributed by atoms with Crippen LogP contribution in [0, 0.1) is 0 Å². The first-order valence-electron chi connectivity index (χ1n) is 7.54. The van der Waals surface area contributed by atoms with Crippen molar-refractivity contribution in [2.45, 2.75) is 51.9 Å². The maximum Gasteiger partial charge on any atom is 0.408 e. The molecule has 2 atom stereocenters. The fourth-order valence-corrected chi connectivity index (χ4v) is 2.06. The van der Waals surface area contributed by atoms with E-state index in [0.29, 0.717) is 6.42 Å². The lowest BCUT2D eigenvalue weighted by Gasteiger charge is -2.27. The van der Waals surface area contributed by atoms with Crippen molar-refractivity contribution in [3.8, 4) is 0 Å². The Morgan fingerprint density at radius 3 is 2.35 bits per heavy atom. The number of esters is 1. The number of nitrogens with one attached hydrogen (secondary N) is 1. The van der Waals surface area contributed by atoms with Crippen molar-refractivity contribution in [3.05, 3.63) is 48.6 Å². The van der Waals surface area contributed by atoms with E-state index in [-0.39, 0.29) is 0 Å². The Bertz CT molecular complexity index is 534. The summed E-state index contributed by atoms with van der Waals surface area (Å²) in [5.74, 6) is -0.432. The van der Waals surface area contributed by atoms with E-state index >= 15 is 0 Å². The summed E-state index contributed by atoms with van der Waals surface area (Å²) in [5.41, 5.74) is 0.402. The van der Waals surface area contributed by atoms with Gasteiger partial charge in [0, 0.05) is 6.92 Å². The van der Waals surface area contributed by atoms with Gasteiger partial charge in [-0.05, 0) is 38.8 Å². The van der Waals surface area contributed by atoms with E-state index in [1.807, 2.05) is 30.3 Å². The highest BCUT2D eigenvalue weighted by Gasteiger charge is 2.26. The molecule has 0 spiro atoms. The summed E-state index contributed by atoms with van der Waals surface area (Å²) in [5, 5.41) is 2.77. The van der Waals surface area contributed by atoms with Crippen LogP contribution in [0.25, 0.3) is 0 Å². The molecule has 0 aliphatic rings. The number of ether oxygens (including phenoxy) is 2. The van der Waals surface area contributed by atoms with Gasteiger partial charge in [0.2, 0.25) is 0 Å². The first kappa shape index (κ1) is 18.7. The normalized spacial score (nSPS) is 13.6. The van der Waals surface area contributed by atoms with E-state index in [2.05, 4.69) is 11.9 Å². The quantitative estimate of drug-likeness (QED) is 0.646. The molecule has 0 bridgehead atoms. The summed E-state index contributed by atoms with van der Waals surface area (Å²) >= 11 is 0. The molecule has 0 saturated carbocycles. The van der Waals surface area contributed by atoms with Crippen molar-refractivity contribution in [1.29, 1.82) is 0 Å². The van der Waals surface area contributed by atoms with Gasteiger partial charge < -0.3 is 14.8 Å². The van der Waals surface area contributed by atoms with Gasteiger partial charge in [0.05, 0.1) is 6.04 Å². The Kier molecular flexibility index (Phi) is 6.82. The molecule has 5 heteroatoms. The van der Waals surface area contributed by atoms with Gasteiger partial charge in [-0.3, -0.25) is 4.79 Å². The van der Waals surface area contributed by atoms with Crippen molar-refractivity contribution in [2.24, 2.45) is 0 Å². The summed E-state index contributed by atoms with van der Waals surface area (Å²) in [6.07, 6.45) is 0.800. The fraction of sp³-hybridized carbons (Fsp3) is 0.444. The topological polar surface area (TPSA) is 64.6 Å². The van der Waals surface area contributed by atoms with Crippen LogP contribution in [0.4, 0.5) is 4.79 Å². The zero-order chi connectivity index (χ0) is 17.5. The van der Waals surface area contributed by atoms with Gasteiger partial charge in [-0.25, -0.2) is 4.79 Å². The number of hydrogen-bond acceptors (Lipinski definition) is 4. The van der Waals surface area contributed by atoms with E-state index in [4.69, 9.17) is 9.47 Å². The van der Waals surface area contributed by atoms with Crippen molar-refractivity contribution in [3.63, 3.8) is 0 Å². The van der Waals surface area contributed by atoms with Crippen molar-refractivity contribution >= 4 is 12.1 Å². The molecule has 1 rings (SSSR count). The van der Waals surface area contributed by atoms with Crippen molar-refractivity contribution in [2.75, 3.05) is 0 Å². The molecule has 1 N–H and O–H groups in total. The van der Waals surface area contributed by atoms with Crippen molar-refractivity contribution in [1.82, 2.24) is 5.32 Å². The third-order valence-corrected chi connectivity index (χ3v) is 2.93. The minimum Gasteiger partial charge on any atom is -0.456 e. The van der Waals surface area contributed by atoms with Gasteiger partial charge in [0.1, 0.15) is 11.7 Å². The summed E-state index contributed by atoms with van der Waals surface area (Å²) in [6, 6.07) is 9.16. The summed E-state index contributed by atoms with van der Waals surface area (Å²) < 4.78 is 10.5. The Balaban J connectivity index is 2.88. The predicted molar refractivity (Wildman–Crippen MR) is 89.1 cm³/mol. The Hall–Kier alpha value is -2.30. The van der Waals surface area contributed by atoms with Crippen LogP contribution in [0.15, 0.2) is 43.0 Å². The van der Waals surface area contributed by atoms with Crippen LogP contribution in [0.1, 0.15) is 33.3 Å². The molecule has 0 radical (unpaired) electrons. The molecule has 1 aromatic rings. The van der Waals surface area contributed by atoms with Gasteiger partial charge in [-0.15, -0.1) is 0 Å². The number of rotatable bonds is 6. The minimum atomic E-state index is -0.639. The molecule has 0 aliphatic carbocycles. The van der Waals surface area contributed by atoms with Crippen molar-refractivity contribution < 1.29 is 19.1 Å². The lowest BCUT2D eigenvalue weighted by molar-refractivity contribution is -0.145. The molecule has 0 aromatic heterocycles. The van der Waals surface area contributed by atoms with Gasteiger partial charge in [0.15, 0.2) is 0 Å². The third kappa shape index (κ3) is 7.49. The number of benzene rings is 1. The SMILES string of the molecule is C=C[C@@H](OC(C)=O)[C@H](Cc1ccccc1)NC(=O)OC(C)(C)C. The summed E-state index contributed by atoms with van der Waals surface area (Å²) in [4.78, 5) is 23.3. The van der Waals surface area contributed by atoms with E-state index in [0.717, 1.165) is 5.56 Å². The molecular weight excluding hydrogens is 294 g/mol. The molecule has 1 amide bonds. The molecule has 0 fully saturated rings. The van der Waals surface area contributed by atoms with Crippen LogP contribution >= 0.6 is 0 Å². The molecule has 126 valence electrons. The average Bonchev–Trinajstić information content (AvgIpc) is 2.43. The number of carbonyl (C=O) groups excluding carboxylic acids is 2. The molecular formula is C18H25NO4. The van der Waals surface area contributed by atoms with Crippen LogP contribution in [0.5, 0.6) is 0 Å². The number of hydrogen-bond donors (Lipinski definition) is 1. The number of alkyl carbamates (subject to hydrolysis) is 1. The first-order chi connectivity index (χ1) is 10.7. The lowest BCUT2D eigenvalue weighted by atomic mass is 10.0. The second-order valence-corrected chi connectivity index (χ2v) is 6.25. The maximum atomic E-state index is 12.1. The summed E-state index contributed by atoms with van der Waals surface area (Å²) in [7, 11) is 0. The second-order valence-electron chi connectivity index (χ2n) is 6.25. The lowest BCUT2D eigenvalue weighted by Crippen LogP contribution is -2.47. The smallest absolute Gasteiger partial charge is 0.408 e. The monoisotopic (exact) mass is 319 g/mol. The first-order valence-corrected chi connectivity index (χ1v) is 7.54.